The number of rotatable bonds is 3. The van der Waals surface area contributed by atoms with Crippen molar-refractivity contribution >= 4 is 11.4 Å². The van der Waals surface area contributed by atoms with Crippen molar-refractivity contribution in [2.75, 3.05) is 5.32 Å². The number of hydrogen-bond acceptors (Lipinski definition) is 4. The lowest BCUT2D eigenvalue weighted by atomic mass is 10.1. The van der Waals surface area contributed by atoms with Crippen molar-refractivity contribution in [1.29, 1.82) is 0 Å². The van der Waals surface area contributed by atoms with Crippen molar-refractivity contribution in [3.8, 4) is 11.4 Å². The molecule has 4 nitrogen and oxygen atoms in total. The van der Waals surface area contributed by atoms with Gasteiger partial charge < -0.3 is 9.84 Å². The van der Waals surface area contributed by atoms with Gasteiger partial charge in [-0.25, -0.2) is 0 Å². The second-order valence-electron chi connectivity index (χ2n) is 5.21. The molecule has 0 unspecified atom stereocenters. The molecule has 0 aliphatic carbocycles. The Kier molecular flexibility index (Phi) is 4.34. The van der Waals surface area contributed by atoms with E-state index < -0.39 is 23.8 Å². The first-order chi connectivity index (χ1) is 12.1. The zero-order chi connectivity index (χ0) is 18.9. The lowest BCUT2D eigenvalue weighted by molar-refractivity contribution is -0.159. The highest BCUT2D eigenvalue weighted by molar-refractivity contribution is 5.67. The van der Waals surface area contributed by atoms with Crippen LogP contribution in [0, 0.1) is 0 Å². The third-order valence-electron chi connectivity index (χ3n) is 3.27. The molecule has 0 aliphatic heterocycles. The molecule has 2 aromatic carbocycles. The molecule has 1 heterocycles. The Morgan fingerprint density at radius 3 is 2.08 bits per heavy atom. The third-order valence-corrected chi connectivity index (χ3v) is 3.27. The van der Waals surface area contributed by atoms with E-state index in [-0.39, 0.29) is 17.1 Å². The van der Waals surface area contributed by atoms with Crippen molar-refractivity contribution in [1.82, 2.24) is 10.1 Å². The van der Waals surface area contributed by atoms with Gasteiger partial charge in [-0.05, 0) is 30.3 Å². The van der Waals surface area contributed by atoms with E-state index in [9.17, 15) is 26.3 Å². The summed E-state index contributed by atoms with van der Waals surface area (Å²) in [5.41, 5.74) is -0.103. The number of hydrogen-bond donors (Lipinski definition) is 1. The molecule has 0 bridgehead atoms. The van der Waals surface area contributed by atoms with Gasteiger partial charge >= 0.3 is 18.2 Å². The summed E-state index contributed by atoms with van der Waals surface area (Å²) in [6.45, 7) is 0. The zero-order valence-corrected chi connectivity index (χ0v) is 12.7. The first kappa shape index (κ1) is 17.8. The Morgan fingerprint density at radius 1 is 0.808 bits per heavy atom. The molecule has 0 saturated carbocycles. The van der Waals surface area contributed by atoms with E-state index in [1.165, 1.54) is 36.4 Å². The fraction of sp³-hybridized carbons (Fsp3) is 0.125. The van der Waals surface area contributed by atoms with E-state index in [2.05, 4.69) is 20.0 Å². The summed E-state index contributed by atoms with van der Waals surface area (Å²) in [6.07, 6.45) is -9.25. The summed E-state index contributed by atoms with van der Waals surface area (Å²) in [7, 11) is 0. The zero-order valence-electron chi connectivity index (χ0n) is 12.7. The molecule has 136 valence electrons. The molecular formula is C16H9F6N3O. The number of aromatic nitrogens is 2. The molecular weight excluding hydrogens is 364 g/mol. The van der Waals surface area contributed by atoms with Gasteiger partial charge in [-0.2, -0.15) is 31.3 Å². The van der Waals surface area contributed by atoms with Gasteiger partial charge in [-0.15, -0.1) is 0 Å². The molecule has 0 amide bonds. The average Bonchev–Trinajstić information content (AvgIpc) is 3.05. The maximum atomic E-state index is 12.7. The van der Waals surface area contributed by atoms with Crippen LogP contribution in [0.15, 0.2) is 53.1 Å². The first-order valence-corrected chi connectivity index (χ1v) is 7.08. The van der Waals surface area contributed by atoms with Crippen LogP contribution in [0.5, 0.6) is 0 Å². The van der Waals surface area contributed by atoms with Gasteiger partial charge in [-0.1, -0.05) is 23.4 Å². The topological polar surface area (TPSA) is 51.0 Å². The number of anilines is 2. The van der Waals surface area contributed by atoms with Crippen molar-refractivity contribution in [2.45, 2.75) is 12.4 Å². The maximum absolute atomic E-state index is 12.7. The van der Waals surface area contributed by atoms with Crippen molar-refractivity contribution in [3.63, 3.8) is 0 Å². The fourth-order valence-corrected chi connectivity index (χ4v) is 2.13. The maximum Gasteiger partial charge on any atom is 0.471 e. The Bertz CT molecular complexity index is 917. The molecule has 1 aromatic heterocycles. The summed E-state index contributed by atoms with van der Waals surface area (Å²) in [6, 6.07) is 10.4. The van der Waals surface area contributed by atoms with E-state index >= 15 is 0 Å². The van der Waals surface area contributed by atoms with Crippen LogP contribution in [0.25, 0.3) is 11.4 Å². The molecule has 0 atom stereocenters. The summed E-state index contributed by atoms with van der Waals surface area (Å²) in [5, 5.41) is 6.02. The van der Waals surface area contributed by atoms with Gasteiger partial charge in [0.15, 0.2) is 0 Å². The van der Waals surface area contributed by atoms with Gasteiger partial charge in [0.25, 0.3) is 0 Å². The second kappa shape index (κ2) is 6.36. The number of nitrogens with one attached hydrogen (secondary N) is 1. The molecule has 3 rings (SSSR count). The molecule has 0 aliphatic rings. The van der Waals surface area contributed by atoms with Gasteiger partial charge in [0.2, 0.25) is 5.82 Å². The number of benzene rings is 2. The average molecular weight is 373 g/mol. The van der Waals surface area contributed by atoms with Gasteiger partial charge in [0.1, 0.15) is 0 Å². The van der Waals surface area contributed by atoms with Crippen LogP contribution in [0.1, 0.15) is 11.5 Å². The molecule has 26 heavy (non-hydrogen) atoms. The Morgan fingerprint density at radius 2 is 1.46 bits per heavy atom. The van der Waals surface area contributed by atoms with Crippen molar-refractivity contribution in [3.05, 3.63) is 60.0 Å². The largest absolute Gasteiger partial charge is 0.471 e. The molecule has 3 aromatic rings. The van der Waals surface area contributed by atoms with E-state index in [0.717, 1.165) is 12.1 Å². The van der Waals surface area contributed by atoms with Crippen LogP contribution in [-0.4, -0.2) is 10.1 Å². The molecule has 1 N–H and O–H groups in total. The number of halogens is 6. The van der Waals surface area contributed by atoms with Crippen LogP contribution in [0.3, 0.4) is 0 Å². The SMILES string of the molecule is FC(F)(F)c1cccc(Nc2cccc(-c3noc(C(F)(F)F)n3)c2)c1. The highest BCUT2D eigenvalue weighted by atomic mass is 19.4. The summed E-state index contributed by atoms with van der Waals surface area (Å²) in [5.74, 6) is -1.77. The Labute approximate surface area is 142 Å². The monoisotopic (exact) mass is 373 g/mol. The van der Waals surface area contributed by atoms with Crippen molar-refractivity contribution in [2.24, 2.45) is 0 Å². The molecule has 0 spiro atoms. The van der Waals surface area contributed by atoms with Crippen LogP contribution < -0.4 is 5.32 Å². The van der Waals surface area contributed by atoms with Crippen LogP contribution >= 0.6 is 0 Å². The Hall–Kier alpha value is -3.04. The summed E-state index contributed by atoms with van der Waals surface area (Å²) >= 11 is 0. The van der Waals surface area contributed by atoms with Gasteiger partial charge in [-0.3, -0.25) is 0 Å². The van der Waals surface area contributed by atoms with E-state index in [1.807, 2.05) is 0 Å². The molecule has 10 heteroatoms. The summed E-state index contributed by atoms with van der Waals surface area (Å²) in [4.78, 5) is 3.27. The standard InChI is InChI=1S/C16H9F6N3O/c17-15(18,19)10-4-2-6-12(8-10)23-11-5-1-3-9(7-11)13-24-14(26-25-13)16(20,21)22/h1-8,23H. The predicted octanol–water partition coefficient (Wildman–Crippen LogP) is 5.52. The van der Waals surface area contributed by atoms with Crippen LogP contribution in [-0.2, 0) is 12.4 Å². The minimum absolute atomic E-state index is 0.168. The van der Waals surface area contributed by atoms with Crippen LogP contribution in [0.4, 0.5) is 37.7 Å². The second-order valence-corrected chi connectivity index (χ2v) is 5.21. The minimum atomic E-state index is -4.76. The smallest absolute Gasteiger partial charge is 0.355 e. The normalized spacial score (nSPS) is 12.2. The minimum Gasteiger partial charge on any atom is -0.355 e. The van der Waals surface area contributed by atoms with Gasteiger partial charge in [0.05, 0.1) is 5.56 Å². The quantitative estimate of drug-likeness (QED) is 0.615. The van der Waals surface area contributed by atoms with E-state index in [4.69, 9.17) is 0 Å². The number of alkyl halides is 6. The van der Waals surface area contributed by atoms with E-state index in [0.29, 0.717) is 5.69 Å². The highest BCUT2D eigenvalue weighted by Gasteiger charge is 2.38. The molecule has 0 radical (unpaired) electrons. The van der Waals surface area contributed by atoms with E-state index in [1.54, 1.807) is 0 Å². The van der Waals surface area contributed by atoms with Crippen LogP contribution in [0.2, 0.25) is 0 Å². The molecule has 0 saturated heterocycles. The third kappa shape index (κ3) is 3.95. The Balaban J connectivity index is 1.85. The predicted molar refractivity (Wildman–Crippen MR) is 79.5 cm³/mol. The lowest BCUT2D eigenvalue weighted by Crippen LogP contribution is -2.05. The van der Waals surface area contributed by atoms with Crippen molar-refractivity contribution < 1.29 is 30.9 Å². The van der Waals surface area contributed by atoms with Gasteiger partial charge in [0, 0.05) is 16.9 Å². The lowest BCUT2D eigenvalue weighted by Gasteiger charge is -2.11. The molecule has 0 fully saturated rings. The highest BCUT2D eigenvalue weighted by Crippen LogP contribution is 2.32. The fourth-order valence-electron chi connectivity index (χ4n) is 2.13. The number of nitrogens with zero attached hydrogens (tertiary/aromatic N) is 2. The first-order valence-electron chi connectivity index (χ1n) is 7.08. The summed E-state index contributed by atoms with van der Waals surface area (Å²) < 4.78 is 79.9.